The van der Waals surface area contributed by atoms with Crippen LogP contribution in [0.4, 0.5) is 0 Å². The predicted octanol–water partition coefficient (Wildman–Crippen LogP) is -18.3. The Labute approximate surface area is 208 Å². The molecule has 0 rings (SSSR count). The highest BCUT2D eigenvalue weighted by atomic mass is 16.6. The summed E-state index contributed by atoms with van der Waals surface area (Å²) in [5.74, 6) is 0. The van der Waals surface area contributed by atoms with Gasteiger partial charge in [0.1, 0.15) is 0 Å². The van der Waals surface area contributed by atoms with E-state index in [1.54, 1.807) is 0 Å². The van der Waals surface area contributed by atoms with E-state index >= 15 is 0 Å². The monoisotopic (exact) mass is 575 g/mol. The van der Waals surface area contributed by atoms with Crippen molar-refractivity contribution in [3.63, 3.8) is 0 Å². The van der Waals surface area contributed by atoms with E-state index in [-0.39, 0.29) is 6.15 Å². The molecule has 224 valence electrons. The first-order valence-electron chi connectivity index (χ1n) is 6.97. The summed E-state index contributed by atoms with van der Waals surface area (Å²) in [7, 11) is -19.5. The molecule has 0 aliphatic heterocycles. The van der Waals surface area contributed by atoms with Gasteiger partial charge in [0.05, 0.1) is 0 Å². The van der Waals surface area contributed by atoms with E-state index in [0.29, 0.717) is 0 Å². The van der Waals surface area contributed by atoms with Crippen LogP contribution in [0.15, 0.2) is 0 Å². The van der Waals surface area contributed by atoms with E-state index in [1.165, 1.54) is 0 Å². The first-order chi connectivity index (χ1) is 15.6. The lowest BCUT2D eigenvalue weighted by Gasteiger charge is -1.69. The molecule has 0 heterocycles. The van der Waals surface area contributed by atoms with Crippen LogP contribution in [0.2, 0.25) is 0 Å². The molecule has 0 aliphatic carbocycles. The SMILES string of the molecule is N.OB(O)O.OB(O)O.OB(O)O.OB(O)O.OB(O)O.OB(O)O.OB(O)O.OB(O)O.OB(O)O. The Kier molecular flexibility index (Phi) is 106. The minimum Gasteiger partial charge on any atom is -0.402 e. The van der Waals surface area contributed by atoms with Gasteiger partial charge in [0, 0.05) is 0 Å². The molecule has 28 nitrogen and oxygen atoms in total. The summed E-state index contributed by atoms with van der Waals surface area (Å²) in [4.78, 5) is 0. The number of hydrogen-bond acceptors (Lipinski definition) is 28. The molecular formula is H30B9NO27. The molecule has 0 aromatic rings. The Morgan fingerprint density at radius 2 is 0.135 bits per heavy atom. The van der Waals surface area contributed by atoms with Crippen molar-refractivity contribution in [1.29, 1.82) is 0 Å². The zero-order chi connectivity index (χ0) is 32.2. The molecule has 0 saturated carbocycles. The molecule has 0 saturated heterocycles. The summed E-state index contributed by atoms with van der Waals surface area (Å²) in [5, 5.41) is 193. The maximum Gasteiger partial charge on any atom is 0.631 e. The third kappa shape index (κ3) is 138000. The van der Waals surface area contributed by atoms with Crippen molar-refractivity contribution in [3.8, 4) is 0 Å². The van der Waals surface area contributed by atoms with Crippen LogP contribution in [0, 0.1) is 0 Å². The molecule has 37 heavy (non-hydrogen) atoms. The molecule has 0 fully saturated rings. The summed E-state index contributed by atoms with van der Waals surface area (Å²) in [6.07, 6.45) is 0. The summed E-state index contributed by atoms with van der Waals surface area (Å²) >= 11 is 0. The third-order valence-corrected chi connectivity index (χ3v) is 0. The van der Waals surface area contributed by atoms with Crippen LogP contribution in [-0.4, -0.2) is 202 Å². The molecule has 30 N–H and O–H groups in total. The Morgan fingerprint density at radius 3 is 0.135 bits per heavy atom. The van der Waals surface area contributed by atoms with E-state index in [0.717, 1.165) is 0 Å². The van der Waals surface area contributed by atoms with Gasteiger partial charge in [0.25, 0.3) is 0 Å². The fourth-order valence-corrected chi connectivity index (χ4v) is 0. The van der Waals surface area contributed by atoms with Crippen molar-refractivity contribution in [2.24, 2.45) is 0 Å². The number of rotatable bonds is 0. The Morgan fingerprint density at radius 1 is 0.135 bits per heavy atom. The lowest BCUT2D eigenvalue weighted by molar-refractivity contribution is 0.276. The second-order valence-electron chi connectivity index (χ2n) is 3.12. The summed E-state index contributed by atoms with van der Waals surface area (Å²) in [6.45, 7) is 0. The van der Waals surface area contributed by atoms with Gasteiger partial charge in [-0.3, -0.25) is 0 Å². The molecular weight excluding hydrogens is 543 g/mol. The predicted molar refractivity (Wildman–Crippen MR) is 117 cm³/mol. The molecule has 0 spiro atoms. The fourth-order valence-electron chi connectivity index (χ4n) is 0. The van der Waals surface area contributed by atoms with Gasteiger partial charge in [-0.1, -0.05) is 0 Å². The van der Waals surface area contributed by atoms with Crippen LogP contribution in [0.25, 0.3) is 0 Å². The van der Waals surface area contributed by atoms with Crippen molar-refractivity contribution in [2.45, 2.75) is 0 Å². The molecule has 0 aliphatic rings. The maximum absolute atomic E-state index is 7.17. The van der Waals surface area contributed by atoms with Crippen LogP contribution in [0.1, 0.15) is 0 Å². The summed E-state index contributed by atoms with van der Waals surface area (Å²) in [5.41, 5.74) is 0. The van der Waals surface area contributed by atoms with Crippen LogP contribution < -0.4 is 6.15 Å². The number of hydrogen-bond donors (Lipinski definition) is 28. The van der Waals surface area contributed by atoms with E-state index in [1.807, 2.05) is 0 Å². The Balaban J connectivity index is -0.0000000276. The molecule has 0 unspecified atom stereocenters. The molecule has 0 aromatic heterocycles. The minimum absolute atomic E-state index is 0. The minimum atomic E-state index is -2.17. The lowest BCUT2D eigenvalue weighted by Crippen LogP contribution is -2.07. The highest BCUT2D eigenvalue weighted by Gasteiger charge is 1.95. The van der Waals surface area contributed by atoms with E-state index < -0.39 is 65.9 Å². The van der Waals surface area contributed by atoms with Crippen molar-refractivity contribution >= 4 is 65.9 Å². The van der Waals surface area contributed by atoms with Gasteiger partial charge in [-0.15, -0.1) is 0 Å². The maximum atomic E-state index is 7.17. The van der Waals surface area contributed by atoms with E-state index in [9.17, 15) is 0 Å². The molecule has 37 heteroatoms. The quantitative estimate of drug-likeness (QED) is 0.119. The van der Waals surface area contributed by atoms with Crippen LogP contribution in [0.5, 0.6) is 0 Å². The van der Waals surface area contributed by atoms with E-state index in [4.69, 9.17) is 136 Å². The van der Waals surface area contributed by atoms with Gasteiger partial charge < -0.3 is 142 Å². The molecule has 0 bridgehead atoms. The standard InChI is InChI=1S/9BH3O3.H3N/c9*2-1(3)4;/h9*2-4H;1H3. The summed E-state index contributed by atoms with van der Waals surface area (Å²) < 4.78 is 0. The third-order valence-electron chi connectivity index (χ3n) is 0. The van der Waals surface area contributed by atoms with Crippen LogP contribution in [-0.2, 0) is 0 Å². The first-order valence-corrected chi connectivity index (χ1v) is 6.97. The van der Waals surface area contributed by atoms with Crippen LogP contribution in [0.3, 0.4) is 0 Å². The molecule has 0 amide bonds. The second-order valence-corrected chi connectivity index (χ2v) is 3.12. The lowest BCUT2D eigenvalue weighted by atomic mass is 10.3. The van der Waals surface area contributed by atoms with E-state index in [2.05, 4.69) is 0 Å². The van der Waals surface area contributed by atoms with Crippen LogP contribution >= 0.6 is 0 Å². The first kappa shape index (κ1) is 65.5. The summed E-state index contributed by atoms with van der Waals surface area (Å²) in [6, 6.07) is 0. The smallest absolute Gasteiger partial charge is 0.402 e. The van der Waals surface area contributed by atoms with Gasteiger partial charge in [0.2, 0.25) is 0 Å². The van der Waals surface area contributed by atoms with Gasteiger partial charge in [-0.2, -0.15) is 0 Å². The van der Waals surface area contributed by atoms with Gasteiger partial charge in [-0.05, 0) is 0 Å². The molecule has 0 atom stereocenters. The van der Waals surface area contributed by atoms with Crippen molar-refractivity contribution < 1.29 is 136 Å². The average molecular weight is 574 g/mol. The highest BCUT2D eigenvalue weighted by Crippen LogP contribution is 1.43. The Bertz CT molecular complexity index is 164. The highest BCUT2D eigenvalue weighted by molar-refractivity contribution is 6.32. The molecule has 0 radical (unpaired) electrons. The topological polar surface area (TPSA) is 581 Å². The van der Waals surface area contributed by atoms with Gasteiger partial charge in [-0.25, -0.2) is 0 Å². The van der Waals surface area contributed by atoms with Gasteiger partial charge >= 0.3 is 65.9 Å². The zero-order valence-corrected chi connectivity index (χ0v) is 18.0. The Hall–Kier alpha value is -0.536. The van der Waals surface area contributed by atoms with Crippen molar-refractivity contribution in [1.82, 2.24) is 6.15 Å². The zero-order valence-electron chi connectivity index (χ0n) is 18.0. The second kappa shape index (κ2) is 60.1. The van der Waals surface area contributed by atoms with Crippen molar-refractivity contribution in [3.05, 3.63) is 0 Å². The largest absolute Gasteiger partial charge is 0.631 e. The van der Waals surface area contributed by atoms with Crippen molar-refractivity contribution in [2.75, 3.05) is 0 Å². The normalized spacial score (nSPS) is 6.57. The van der Waals surface area contributed by atoms with Gasteiger partial charge in [0.15, 0.2) is 0 Å². The fraction of sp³-hybridized carbons (Fsp3) is 0. The molecule has 0 aromatic carbocycles. The average Bonchev–Trinajstić information content (AvgIpc) is 2.39.